The third-order valence-corrected chi connectivity index (χ3v) is 7.68. The Balaban J connectivity index is 1.95. The summed E-state index contributed by atoms with van der Waals surface area (Å²) in [7, 11) is 0. The van der Waals surface area contributed by atoms with Crippen LogP contribution in [0.4, 0.5) is 0 Å². The molecular formula is C29H48O5. The zero-order valence-corrected chi connectivity index (χ0v) is 22.0. The quantitative estimate of drug-likeness (QED) is 0.242. The van der Waals surface area contributed by atoms with Gasteiger partial charge in [-0.3, -0.25) is 0 Å². The number of carbonyl (C=O) groups excluding carboxylic acids is 1. The number of ether oxygens (including phenoxy) is 2. The van der Waals surface area contributed by atoms with E-state index in [1.54, 1.807) is 0 Å². The first-order chi connectivity index (χ1) is 16.2. The zero-order chi connectivity index (χ0) is 25.1. The summed E-state index contributed by atoms with van der Waals surface area (Å²) in [5, 5.41) is 21.2. The first-order valence-electron chi connectivity index (χ1n) is 13.5. The van der Waals surface area contributed by atoms with E-state index in [1.165, 1.54) is 0 Å². The van der Waals surface area contributed by atoms with Crippen LogP contribution < -0.4 is 4.74 Å². The maximum atomic E-state index is 12.1. The summed E-state index contributed by atoms with van der Waals surface area (Å²) in [6.07, 6.45) is 7.95. The maximum Gasteiger partial charge on any atom is 0.344 e. The Hall–Kier alpha value is -1.59. The number of carbonyl (C=O) groups is 1. The van der Waals surface area contributed by atoms with E-state index >= 15 is 0 Å². The first-order valence-corrected chi connectivity index (χ1v) is 13.5. The molecule has 6 atom stereocenters. The Morgan fingerprint density at radius 1 is 1.12 bits per heavy atom. The molecule has 1 aromatic rings. The number of esters is 1. The molecule has 0 radical (unpaired) electrons. The molecule has 1 fully saturated rings. The van der Waals surface area contributed by atoms with Crippen LogP contribution in [0.2, 0.25) is 0 Å². The van der Waals surface area contributed by atoms with Crippen molar-refractivity contribution in [2.24, 2.45) is 23.7 Å². The summed E-state index contributed by atoms with van der Waals surface area (Å²) in [6, 6.07) is 7.94. The molecule has 1 aliphatic rings. The van der Waals surface area contributed by atoms with Crippen LogP contribution in [0.25, 0.3) is 0 Å². The van der Waals surface area contributed by atoms with Gasteiger partial charge in [0.25, 0.3) is 0 Å². The van der Waals surface area contributed by atoms with Gasteiger partial charge in [0, 0.05) is 0 Å². The van der Waals surface area contributed by atoms with Gasteiger partial charge in [-0.1, -0.05) is 65.5 Å². The van der Waals surface area contributed by atoms with Crippen LogP contribution in [0, 0.1) is 23.7 Å². The van der Waals surface area contributed by atoms with E-state index in [-0.39, 0.29) is 42.7 Å². The smallest absolute Gasteiger partial charge is 0.344 e. The predicted molar refractivity (Wildman–Crippen MR) is 137 cm³/mol. The summed E-state index contributed by atoms with van der Waals surface area (Å²) in [5.41, 5.74) is 1.16. The molecule has 0 saturated heterocycles. The van der Waals surface area contributed by atoms with Crippen molar-refractivity contribution in [1.29, 1.82) is 0 Å². The van der Waals surface area contributed by atoms with Crippen molar-refractivity contribution in [2.45, 2.75) is 111 Å². The molecule has 0 unspecified atom stereocenters. The van der Waals surface area contributed by atoms with E-state index in [1.807, 2.05) is 39.0 Å². The lowest BCUT2D eigenvalue weighted by Crippen LogP contribution is -2.24. The SMILES string of the molecule is CCCCC[C@H](O)CC[C@@H]1[C@@H](Cc2cccc(OCC(=O)O[C@@H](C)C(C)C)c2)[C@@H](CC)C[C@H]1O. The van der Waals surface area contributed by atoms with Crippen molar-refractivity contribution in [1.82, 2.24) is 0 Å². The van der Waals surface area contributed by atoms with Gasteiger partial charge in [0.1, 0.15) is 11.9 Å². The molecule has 34 heavy (non-hydrogen) atoms. The molecule has 5 nitrogen and oxygen atoms in total. The number of hydrogen-bond acceptors (Lipinski definition) is 5. The number of unbranched alkanes of at least 4 members (excludes halogenated alkanes) is 2. The van der Waals surface area contributed by atoms with Crippen molar-refractivity contribution in [3.05, 3.63) is 29.8 Å². The molecule has 1 aromatic carbocycles. The topological polar surface area (TPSA) is 76.0 Å². The van der Waals surface area contributed by atoms with E-state index < -0.39 is 0 Å². The minimum atomic E-state index is -0.353. The van der Waals surface area contributed by atoms with Crippen LogP contribution >= 0.6 is 0 Å². The number of hydrogen-bond donors (Lipinski definition) is 2. The molecule has 0 heterocycles. The van der Waals surface area contributed by atoms with Crippen LogP contribution in [-0.2, 0) is 16.0 Å². The lowest BCUT2D eigenvalue weighted by molar-refractivity contribution is -0.152. The monoisotopic (exact) mass is 476 g/mol. The average Bonchev–Trinajstić information content (AvgIpc) is 3.10. The lowest BCUT2D eigenvalue weighted by Gasteiger charge is -2.26. The van der Waals surface area contributed by atoms with Gasteiger partial charge in [-0.05, 0) is 80.4 Å². The normalized spacial score (nSPS) is 24.2. The second-order valence-corrected chi connectivity index (χ2v) is 10.6. The Bertz CT molecular complexity index is 718. The van der Waals surface area contributed by atoms with Crippen molar-refractivity contribution in [2.75, 3.05) is 6.61 Å². The highest BCUT2D eigenvalue weighted by Crippen LogP contribution is 2.44. The summed E-state index contributed by atoms with van der Waals surface area (Å²) >= 11 is 0. The summed E-state index contributed by atoms with van der Waals surface area (Å²) in [6.45, 7) is 10.2. The van der Waals surface area contributed by atoms with Crippen molar-refractivity contribution in [3.8, 4) is 5.75 Å². The molecule has 0 amide bonds. The summed E-state index contributed by atoms with van der Waals surface area (Å²) in [5.74, 6) is 1.66. The number of aliphatic hydroxyl groups excluding tert-OH is 2. The molecule has 2 rings (SSSR count). The standard InChI is InChI=1S/C29H48O5/c1-6-8-9-12-24(30)14-15-26-27(23(7-2)18-28(26)31)17-22-11-10-13-25(16-22)33-19-29(32)34-21(5)20(3)4/h10-11,13,16,20-21,23-24,26-28,30-31H,6-9,12,14-15,17-19H2,1-5H3/t21-,23-,24-,26+,27-,28+/m0/s1. The Morgan fingerprint density at radius 2 is 1.88 bits per heavy atom. The molecule has 1 aliphatic carbocycles. The van der Waals surface area contributed by atoms with Gasteiger partial charge < -0.3 is 19.7 Å². The fraction of sp³-hybridized carbons (Fsp3) is 0.759. The molecule has 194 valence electrons. The van der Waals surface area contributed by atoms with Crippen LogP contribution in [-0.4, -0.2) is 41.1 Å². The third kappa shape index (κ3) is 9.22. The summed E-state index contributed by atoms with van der Waals surface area (Å²) in [4.78, 5) is 12.1. The molecular weight excluding hydrogens is 428 g/mol. The van der Waals surface area contributed by atoms with Crippen LogP contribution in [0.1, 0.15) is 91.5 Å². The van der Waals surface area contributed by atoms with E-state index in [4.69, 9.17) is 9.47 Å². The molecule has 0 aliphatic heterocycles. The number of rotatable bonds is 15. The number of benzene rings is 1. The van der Waals surface area contributed by atoms with Gasteiger partial charge in [0.15, 0.2) is 6.61 Å². The highest BCUT2D eigenvalue weighted by atomic mass is 16.6. The lowest BCUT2D eigenvalue weighted by atomic mass is 9.80. The second-order valence-electron chi connectivity index (χ2n) is 10.6. The largest absolute Gasteiger partial charge is 0.482 e. The van der Waals surface area contributed by atoms with Gasteiger partial charge >= 0.3 is 5.97 Å². The average molecular weight is 477 g/mol. The Labute approximate surface area is 207 Å². The highest BCUT2D eigenvalue weighted by molar-refractivity contribution is 5.71. The molecule has 2 N–H and O–H groups in total. The first kappa shape index (κ1) is 28.6. The third-order valence-electron chi connectivity index (χ3n) is 7.68. The van der Waals surface area contributed by atoms with Gasteiger partial charge in [-0.15, -0.1) is 0 Å². The Kier molecular flexibility index (Phi) is 12.4. The van der Waals surface area contributed by atoms with Crippen molar-refractivity contribution >= 4 is 5.97 Å². The fourth-order valence-corrected chi connectivity index (χ4v) is 5.20. The van der Waals surface area contributed by atoms with Crippen LogP contribution in [0.15, 0.2) is 24.3 Å². The van der Waals surface area contributed by atoms with Gasteiger partial charge in [0.2, 0.25) is 0 Å². The van der Waals surface area contributed by atoms with E-state index in [9.17, 15) is 15.0 Å². The Morgan fingerprint density at radius 3 is 2.56 bits per heavy atom. The molecule has 0 spiro atoms. The minimum absolute atomic E-state index is 0.0984. The molecule has 5 heteroatoms. The van der Waals surface area contributed by atoms with Crippen molar-refractivity contribution < 1.29 is 24.5 Å². The predicted octanol–water partition coefficient (Wildman–Crippen LogP) is 5.94. The minimum Gasteiger partial charge on any atom is -0.482 e. The second kappa shape index (κ2) is 14.7. The van der Waals surface area contributed by atoms with Gasteiger partial charge in [0.05, 0.1) is 12.2 Å². The maximum absolute atomic E-state index is 12.1. The van der Waals surface area contributed by atoms with Gasteiger partial charge in [-0.25, -0.2) is 4.79 Å². The molecule has 0 bridgehead atoms. The van der Waals surface area contributed by atoms with Gasteiger partial charge in [-0.2, -0.15) is 0 Å². The van der Waals surface area contributed by atoms with E-state index in [0.29, 0.717) is 17.6 Å². The fourth-order valence-electron chi connectivity index (χ4n) is 5.20. The highest BCUT2D eigenvalue weighted by Gasteiger charge is 2.41. The zero-order valence-electron chi connectivity index (χ0n) is 22.0. The van der Waals surface area contributed by atoms with Crippen LogP contribution in [0.5, 0.6) is 5.75 Å². The van der Waals surface area contributed by atoms with Crippen molar-refractivity contribution in [3.63, 3.8) is 0 Å². The summed E-state index contributed by atoms with van der Waals surface area (Å²) < 4.78 is 11.1. The van der Waals surface area contributed by atoms with Crippen LogP contribution in [0.3, 0.4) is 0 Å². The molecule has 0 aromatic heterocycles. The number of aliphatic hydroxyl groups is 2. The molecule has 1 saturated carbocycles. The van der Waals surface area contributed by atoms with E-state index in [2.05, 4.69) is 19.9 Å². The van der Waals surface area contributed by atoms with E-state index in [0.717, 1.165) is 63.4 Å².